The van der Waals surface area contributed by atoms with Gasteiger partial charge in [0.05, 0.1) is 20.8 Å². The predicted molar refractivity (Wildman–Crippen MR) is 172 cm³/mol. The van der Waals surface area contributed by atoms with Crippen molar-refractivity contribution in [3.05, 3.63) is 124 Å². The van der Waals surface area contributed by atoms with E-state index >= 15 is 0 Å². The fourth-order valence-electron chi connectivity index (χ4n) is 5.15. The number of hydrogen-bond acceptors (Lipinski definition) is 7. The zero-order valence-corrected chi connectivity index (χ0v) is 26.3. The third kappa shape index (κ3) is 7.06. The first-order valence-corrected chi connectivity index (χ1v) is 15.1. The molecule has 1 aliphatic heterocycles. The van der Waals surface area contributed by atoms with Crippen molar-refractivity contribution in [1.29, 1.82) is 0 Å². The van der Waals surface area contributed by atoms with E-state index in [1.807, 2.05) is 97.1 Å². The number of halogens is 1. The van der Waals surface area contributed by atoms with Gasteiger partial charge < -0.3 is 29.4 Å². The van der Waals surface area contributed by atoms with Gasteiger partial charge in [-0.25, -0.2) is 4.99 Å². The first-order chi connectivity index (χ1) is 21.5. The second-order valence-electron chi connectivity index (χ2n) is 10.4. The normalized spacial score (nSPS) is 17.4. The number of amides is 1. The standard InChI is InChI=1S/C35H35BrN2O6/c1-41-30-18-9-25(21-31(30)42-2)23-37-34(40)35(22-24-7-4-3-5-8-24)32(26-10-14-28(36)15-11-26)44-33(38-35)27-12-16-29(17-13-27)43-20-6-19-39/h3-5,7-18,21,32,39H,6,19-20,22-23H2,1-2H3,(H,37,40)/t32-,35-/m1/s1. The van der Waals surface area contributed by atoms with Crippen molar-refractivity contribution >= 4 is 27.7 Å². The fraction of sp³-hybridized carbons (Fsp3) is 0.257. The van der Waals surface area contributed by atoms with Crippen LogP contribution in [0.1, 0.15) is 34.8 Å². The summed E-state index contributed by atoms with van der Waals surface area (Å²) in [5.74, 6) is 1.98. The lowest BCUT2D eigenvalue weighted by atomic mass is 9.82. The third-order valence-electron chi connectivity index (χ3n) is 7.42. The minimum atomic E-state index is -1.31. The van der Waals surface area contributed by atoms with Crippen molar-refractivity contribution < 1.29 is 28.8 Å². The van der Waals surface area contributed by atoms with Crippen LogP contribution < -0.4 is 19.5 Å². The zero-order valence-electron chi connectivity index (χ0n) is 24.7. The zero-order chi connectivity index (χ0) is 30.9. The molecule has 8 nitrogen and oxygen atoms in total. The highest BCUT2D eigenvalue weighted by Gasteiger charge is 2.53. The van der Waals surface area contributed by atoms with Crippen molar-refractivity contribution in [2.45, 2.75) is 31.0 Å². The largest absolute Gasteiger partial charge is 0.494 e. The number of aliphatic hydroxyl groups is 1. The van der Waals surface area contributed by atoms with Crippen LogP contribution in [0.3, 0.4) is 0 Å². The van der Waals surface area contributed by atoms with Crippen LogP contribution in [0.25, 0.3) is 0 Å². The van der Waals surface area contributed by atoms with E-state index < -0.39 is 11.6 Å². The highest BCUT2D eigenvalue weighted by molar-refractivity contribution is 9.10. The third-order valence-corrected chi connectivity index (χ3v) is 7.95. The lowest BCUT2D eigenvalue weighted by molar-refractivity contribution is -0.129. The van der Waals surface area contributed by atoms with E-state index in [0.29, 0.717) is 42.6 Å². The molecule has 1 aliphatic rings. The van der Waals surface area contributed by atoms with Gasteiger partial charge in [-0.15, -0.1) is 0 Å². The lowest BCUT2D eigenvalue weighted by Crippen LogP contribution is -2.49. The number of aliphatic hydroxyl groups excluding tert-OH is 1. The smallest absolute Gasteiger partial charge is 0.252 e. The summed E-state index contributed by atoms with van der Waals surface area (Å²) >= 11 is 3.52. The summed E-state index contributed by atoms with van der Waals surface area (Å²) in [6.07, 6.45) is 0.169. The van der Waals surface area contributed by atoms with E-state index in [-0.39, 0.29) is 19.1 Å². The SMILES string of the molecule is COc1ccc(CNC(=O)[C@]2(Cc3ccccc3)N=C(c3ccc(OCCCO)cc3)O[C@@H]2c2ccc(Br)cc2)cc1OC. The van der Waals surface area contributed by atoms with Crippen molar-refractivity contribution in [2.24, 2.45) is 4.99 Å². The number of methoxy groups -OCH3 is 2. The Morgan fingerprint density at radius 2 is 1.66 bits per heavy atom. The summed E-state index contributed by atoms with van der Waals surface area (Å²) in [4.78, 5) is 19.5. The van der Waals surface area contributed by atoms with Gasteiger partial charge in [0, 0.05) is 36.0 Å². The maximum absolute atomic E-state index is 14.4. The second-order valence-corrected chi connectivity index (χ2v) is 11.3. The number of carbonyl (C=O) groups excluding carboxylic acids is 1. The monoisotopic (exact) mass is 658 g/mol. The Balaban J connectivity index is 1.53. The van der Waals surface area contributed by atoms with Crippen molar-refractivity contribution in [2.75, 3.05) is 27.4 Å². The van der Waals surface area contributed by atoms with Gasteiger partial charge in [-0.3, -0.25) is 4.79 Å². The topological polar surface area (TPSA) is 98.6 Å². The number of aliphatic imine (C=N–C) groups is 1. The van der Waals surface area contributed by atoms with E-state index in [0.717, 1.165) is 26.7 Å². The average molecular weight is 660 g/mol. The van der Waals surface area contributed by atoms with Gasteiger partial charge in [0.2, 0.25) is 5.90 Å². The number of hydrogen-bond donors (Lipinski definition) is 2. The first kappa shape index (κ1) is 31.1. The van der Waals surface area contributed by atoms with E-state index in [1.165, 1.54) is 0 Å². The van der Waals surface area contributed by atoms with E-state index in [9.17, 15) is 4.79 Å². The first-order valence-electron chi connectivity index (χ1n) is 14.3. The molecule has 5 rings (SSSR count). The van der Waals surface area contributed by atoms with E-state index in [4.69, 9.17) is 29.0 Å². The molecule has 4 aromatic rings. The van der Waals surface area contributed by atoms with Gasteiger partial charge in [0.1, 0.15) is 5.75 Å². The molecule has 0 unspecified atom stereocenters. The molecule has 0 saturated heterocycles. The van der Waals surface area contributed by atoms with Gasteiger partial charge in [-0.2, -0.15) is 0 Å². The predicted octanol–water partition coefficient (Wildman–Crippen LogP) is 6.04. The van der Waals surface area contributed by atoms with Crippen LogP contribution in [-0.4, -0.2) is 49.9 Å². The van der Waals surface area contributed by atoms with Gasteiger partial charge in [0.25, 0.3) is 5.91 Å². The molecule has 0 aromatic heterocycles. The molecular formula is C35H35BrN2O6. The number of carbonyl (C=O) groups is 1. The summed E-state index contributed by atoms with van der Waals surface area (Å²) in [5, 5.41) is 12.2. The van der Waals surface area contributed by atoms with Gasteiger partial charge in [0.15, 0.2) is 23.1 Å². The average Bonchev–Trinajstić information content (AvgIpc) is 3.45. The van der Waals surface area contributed by atoms with E-state index in [2.05, 4.69) is 21.2 Å². The minimum absolute atomic E-state index is 0.0672. The molecule has 0 saturated carbocycles. The molecule has 0 bridgehead atoms. The number of rotatable bonds is 13. The number of nitrogens with zero attached hydrogens (tertiary/aromatic N) is 1. The van der Waals surface area contributed by atoms with Crippen LogP contribution in [0.5, 0.6) is 17.2 Å². The van der Waals surface area contributed by atoms with Crippen molar-refractivity contribution in [1.82, 2.24) is 5.32 Å². The van der Waals surface area contributed by atoms with Crippen molar-refractivity contribution in [3.8, 4) is 17.2 Å². The Hall–Kier alpha value is -4.34. The molecule has 0 spiro atoms. The van der Waals surface area contributed by atoms with Crippen LogP contribution in [0.4, 0.5) is 0 Å². The van der Waals surface area contributed by atoms with E-state index in [1.54, 1.807) is 14.2 Å². The van der Waals surface area contributed by atoms with Crippen LogP contribution >= 0.6 is 15.9 Å². The van der Waals surface area contributed by atoms with Gasteiger partial charge in [-0.1, -0.05) is 64.5 Å². The van der Waals surface area contributed by atoms with Crippen LogP contribution in [0, 0.1) is 0 Å². The summed E-state index contributed by atoms with van der Waals surface area (Å²) in [6.45, 7) is 0.741. The molecule has 1 heterocycles. The second kappa shape index (κ2) is 14.4. The maximum atomic E-state index is 14.4. The summed E-state index contributed by atoms with van der Waals surface area (Å²) in [5.41, 5.74) is 2.05. The molecule has 4 aromatic carbocycles. The molecular weight excluding hydrogens is 624 g/mol. The number of benzene rings is 4. The Bertz CT molecular complexity index is 1580. The molecule has 9 heteroatoms. The summed E-state index contributed by atoms with van der Waals surface area (Å²) < 4.78 is 24.1. The molecule has 2 atom stereocenters. The van der Waals surface area contributed by atoms with Crippen LogP contribution in [0.15, 0.2) is 107 Å². The lowest BCUT2D eigenvalue weighted by Gasteiger charge is -2.31. The minimum Gasteiger partial charge on any atom is -0.494 e. The van der Waals surface area contributed by atoms with Gasteiger partial charge in [-0.05, 0) is 65.2 Å². The Morgan fingerprint density at radius 1 is 0.932 bits per heavy atom. The highest BCUT2D eigenvalue weighted by Crippen LogP contribution is 2.43. The number of nitrogens with one attached hydrogen (secondary N) is 1. The Morgan fingerprint density at radius 3 is 2.34 bits per heavy atom. The molecule has 0 radical (unpaired) electrons. The number of ether oxygens (including phenoxy) is 4. The molecule has 2 N–H and O–H groups in total. The quantitative estimate of drug-likeness (QED) is 0.170. The highest BCUT2D eigenvalue weighted by atomic mass is 79.9. The Labute approximate surface area is 265 Å². The molecule has 0 fully saturated rings. The molecule has 0 aliphatic carbocycles. The van der Waals surface area contributed by atoms with Crippen molar-refractivity contribution in [3.63, 3.8) is 0 Å². The molecule has 228 valence electrons. The molecule has 1 amide bonds. The van der Waals surface area contributed by atoms with Crippen LogP contribution in [-0.2, 0) is 22.5 Å². The maximum Gasteiger partial charge on any atom is 0.252 e. The summed E-state index contributed by atoms with van der Waals surface area (Å²) in [7, 11) is 3.17. The Kier molecular flexibility index (Phi) is 10.2. The fourth-order valence-corrected chi connectivity index (χ4v) is 5.42. The molecule has 44 heavy (non-hydrogen) atoms. The van der Waals surface area contributed by atoms with Crippen LogP contribution in [0.2, 0.25) is 0 Å². The summed E-state index contributed by atoms with van der Waals surface area (Å²) in [6, 6.07) is 30.6. The van der Waals surface area contributed by atoms with Gasteiger partial charge >= 0.3 is 0 Å².